The third kappa shape index (κ3) is 3.27. The molecule has 5 nitrogen and oxygen atoms in total. The van der Waals surface area contributed by atoms with Gasteiger partial charge in [-0.2, -0.15) is 15.0 Å². The number of ether oxygens (including phenoxy) is 1. The van der Waals surface area contributed by atoms with E-state index in [9.17, 15) is 4.79 Å². The molecule has 0 bridgehead atoms. The molecular weight excluding hydrogens is 198 g/mol. The normalized spacial score (nSPS) is 35.0. The summed E-state index contributed by atoms with van der Waals surface area (Å²) in [5, 5.41) is 8.74. The highest BCUT2D eigenvalue weighted by Gasteiger charge is 2.47. The van der Waals surface area contributed by atoms with E-state index < -0.39 is 11.6 Å². The summed E-state index contributed by atoms with van der Waals surface area (Å²) in [6.45, 7) is 3.22. The lowest BCUT2D eigenvalue weighted by molar-refractivity contribution is -0.336. The van der Waals surface area contributed by atoms with Crippen molar-refractivity contribution in [2.45, 2.75) is 51.1 Å². The lowest BCUT2D eigenvalue weighted by atomic mass is 10.1. The van der Waals surface area contributed by atoms with Gasteiger partial charge in [0.15, 0.2) is 0 Å². The van der Waals surface area contributed by atoms with E-state index in [2.05, 4.69) is 0 Å². The fraction of sp³-hybridized carbons (Fsp3) is 0.800. The summed E-state index contributed by atoms with van der Waals surface area (Å²) >= 11 is 0. The van der Waals surface area contributed by atoms with Gasteiger partial charge in [-0.3, -0.25) is 0 Å². The molecule has 0 radical (unpaired) electrons. The third-order valence-corrected chi connectivity index (χ3v) is 2.19. The van der Waals surface area contributed by atoms with Gasteiger partial charge in [0.1, 0.15) is 12.4 Å². The molecule has 5 heteroatoms. The molecule has 1 heterocycles. The molecule has 1 fully saturated rings. The molecule has 15 heavy (non-hydrogen) atoms. The second-order valence-electron chi connectivity index (χ2n) is 3.87. The van der Waals surface area contributed by atoms with Crippen molar-refractivity contribution in [3.63, 3.8) is 0 Å². The van der Waals surface area contributed by atoms with Gasteiger partial charge < -0.3 is 9.53 Å². The Morgan fingerprint density at radius 2 is 2.07 bits per heavy atom. The van der Waals surface area contributed by atoms with Gasteiger partial charge in [0, 0.05) is 19.8 Å². The molecule has 2 atom stereocenters. The predicted molar refractivity (Wildman–Crippen MR) is 50.2 cm³/mol. The highest BCUT2D eigenvalue weighted by atomic mass is 17.3. The fourth-order valence-corrected chi connectivity index (χ4v) is 1.42. The number of unbranched alkanes of at least 4 members (excludes halogenated alkanes) is 2. The highest BCUT2D eigenvalue weighted by Crippen LogP contribution is 2.35. The summed E-state index contributed by atoms with van der Waals surface area (Å²) in [6.07, 6.45) is 3.59. The van der Waals surface area contributed by atoms with Crippen molar-refractivity contribution < 1.29 is 19.3 Å². The SMILES string of the molecule is CC1(C#N)OOC(C)(CCCCC=O)O1. The molecule has 0 aliphatic carbocycles. The fourth-order valence-electron chi connectivity index (χ4n) is 1.42. The summed E-state index contributed by atoms with van der Waals surface area (Å²) in [7, 11) is 0. The maximum absolute atomic E-state index is 10.1. The van der Waals surface area contributed by atoms with Crippen LogP contribution in [0.1, 0.15) is 39.5 Å². The summed E-state index contributed by atoms with van der Waals surface area (Å²) in [6, 6.07) is 1.87. The molecular formula is C10H15NO4. The van der Waals surface area contributed by atoms with Crippen molar-refractivity contribution >= 4 is 6.29 Å². The average molecular weight is 213 g/mol. The van der Waals surface area contributed by atoms with Crippen molar-refractivity contribution in [3.8, 4) is 6.07 Å². The van der Waals surface area contributed by atoms with Crippen LogP contribution in [0.3, 0.4) is 0 Å². The van der Waals surface area contributed by atoms with Crippen molar-refractivity contribution in [1.29, 1.82) is 5.26 Å². The minimum Gasteiger partial charge on any atom is -0.303 e. The van der Waals surface area contributed by atoms with E-state index in [0.717, 1.165) is 19.1 Å². The minimum absolute atomic E-state index is 0.534. The number of nitrogens with zero attached hydrogens (tertiary/aromatic N) is 1. The van der Waals surface area contributed by atoms with Crippen LogP contribution < -0.4 is 0 Å². The van der Waals surface area contributed by atoms with Crippen LogP contribution in [0.15, 0.2) is 0 Å². The first-order valence-corrected chi connectivity index (χ1v) is 4.95. The van der Waals surface area contributed by atoms with E-state index in [1.165, 1.54) is 6.92 Å². The number of aldehydes is 1. The van der Waals surface area contributed by atoms with Crippen LogP contribution in [-0.4, -0.2) is 17.9 Å². The molecule has 0 aromatic rings. The molecule has 2 unspecified atom stereocenters. The zero-order chi connectivity index (χ0) is 11.4. The van der Waals surface area contributed by atoms with Gasteiger partial charge in [-0.25, -0.2) is 0 Å². The predicted octanol–water partition coefficient (Wildman–Crippen LogP) is 1.68. The average Bonchev–Trinajstić information content (AvgIpc) is 2.52. The molecule has 84 valence electrons. The molecule has 1 aliphatic heterocycles. The van der Waals surface area contributed by atoms with Crippen molar-refractivity contribution in [1.82, 2.24) is 0 Å². The number of hydrogen-bond acceptors (Lipinski definition) is 5. The lowest BCUT2D eigenvalue weighted by Crippen LogP contribution is -2.31. The van der Waals surface area contributed by atoms with Crippen molar-refractivity contribution in [3.05, 3.63) is 0 Å². The topological polar surface area (TPSA) is 68.5 Å². The van der Waals surface area contributed by atoms with Gasteiger partial charge >= 0.3 is 0 Å². The van der Waals surface area contributed by atoms with Crippen molar-refractivity contribution in [2.75, 3.05) is 0 Å². The van der Waals surface area contributed by atoms with Crippen LogP contribution in [0.5, 0.6) is 0 Å². The number of hydrogen-bond donors (Lipinski definition) is 0. The zero-order valence-corrected chi connectivity index (χ0v) is 8.99. The van der Waals surface area contributed by atoms with Crippen molar-refractivity contribution in [2.24, 2.45) is 0 Å². The van der Waals surface area contributed by atoms with Gasteiger partial charge in [0.05, 0.1) is 0 Å². The monoisotopic (exact) mass is 213 g/mol. The standard InChI is InChI=1S/C10H15NO4/c1-9(6-4-3-5-7-12)13-10(2,8-11)15-14-9/h7H,3-6H2,1-2H3. The van der Waals surface area contributed by atoms with Crippen LogP contribution >= 0.6 is 0 Å². The number of carbonyl (C=O) groups is 1. The Morgan fingerprint density at radius 1 is 1.33 bits per heavy atom. The van der Waals surface area contributed by atoms with Gasteiger partial charge in [-0.15, -0.1) is 0 Å². The van der Waals surface area contributed by atoms with Gasteiger partial charge in [-0.1, -0.05) is 0 Å². The Kier molecular flexibility index (Phi) is 3.80. The highest BCUT2D eigenvalue weighted by molar-refractivity contribution is 5.48. The molecule has 0 saturated carbocycles. The molecule has 0 aromatic heterocycles. The van der Waals surface area contributed by atoms with Gasteiger partial charge in [0.25, 0.3) is 5.79 Å². The molecule has 0 amide bonds. The number of rotatable bonds is 5. The molecule has 1 rings (SSSR count). The first kappa shape index (κ1) is 12.1. The quantitative estimate of drug-likeness (QED) is 0.395. The van der Waals surface area contributed by atoms with E-state index in [4.69, 9.17) is 19.8 Å². The zero-order valence-electron chi connectivity index (χ0n) is 8.99. The first-order chi connectivity index (χ1) is 7.04. The van der Waals surface area contributed by atoms with Crippen LogP contribution in [0.2, 0.25) is 0 Å². The van der Waals surface area contributed by atoms with Gasteiger partial charge in [0.2, 0.25) is 5.79 Å². The third-order valence-electron chi connectivity index (χ3n) is 2.19. The molecule has 1 aliphatic rings. The van der Waals surface area contributed by atoms with Crippen LogP contribution in [0.25, 0.3) is 0 Å². The maximum Gasteiger partial charge on any atom is 0.289 e. The Bertz CT molecular complexity index is 275. The van der Waals surface area contributed by atoms with E-state index in [0.29, 0.717) is 12.8 Å². The van der Waals surface area contributed by atoms with E-state index in [-0.39, 0.29) is 0 Å². The summed E-state index contributed by atoms with van der Waals surface area (Å²) in [4.78, 5) is 19.9. The van der Waals surface area contributed by atoms with E-state index in [1.807, 2.05) is 6.07 Å². The largest absolute Gasteiger partial charge is 0.303 e. The molecule has 0 aromatic carbocycles. The second-order valence-corrected chi connectivity index (χ2v) is 3.87. The smallest absolute Gasteiger partial charge is 0.289 e. The van der Waals surface area contributed by atoms with Crippen LogP contribution in [0.4, 0.5) is 0 Å². The Labute approximate surface area is 88.8 Å². The molecule has 0 N–H and O–H groups in total. The number of nitriles is 1. The lowest BCUT2D eigenvalue weighted by Gasteiger charge is -2.20. The van der Waals surface area contributed by atoms with E-state index >= 15 is 0 Å². The van der Waals surface area contributed by atoms with E-state index in [1.54, 1.807) is 6.92 Å². The first-order valence-electron chi connectivity index (χ1n) is 4.95. The maximum atomic E-state index is 10.1. The Morgan fingerprint density at radius 3 is 2.60 bits per heavy atom. The van der Waals surface area contributed by atoms with Crippen LogP contribution in [-0.2, 0) is 19.3 Å². The summed E-state index contributed by atoms with van der Waals surface area (Å²) < 4.78 is 5.37. The van der Waals surface area contributed by atoms with Gasteiger partial charge in [-0.05, 0) is 19.8 Å². The molecule has 0 spiro atoms. The summed E-state index contributed by atoms with van der Waals surface area (Å²) in [5.74, 6) is -2.20. The Hall–Kier alpha value is -0.960. The van der Waals surface area contributed by atoms with Crippen LogP contribution in [0, 0.1) is 11.3 Å². The number of carbonyl (C=O) groups excluding carboxylic acids is 1. The molecule has 1 saturated heterocycles. The summed E-state index contributed by atoms with van der Waals surface area (Å²) in [5.41, 5.74) is 0. The second kappa shape index (κ2) is 4.71. The Balaban J connectivity index is 2.36. The minimum atomic E-state index is -1.32.